The molecule has 32 heavy (non-hydrogen) atoms. The van der Waals surface area contributed by atoms with Gasteiger partial charge in [-0.15, -0.1) is 0 Å². The Balaban J connectivity index is 1.58. The first kappa shape index (κ1) is 21.5. The predicted molar refractivity (Wildman–Crippen MR) is 131 cm³/mol. The SMILES string of the molecule is CCc1nc(Cn2c(-c3ccc(N4[C@@H](C)CC[C@@H]4C)nc3)nc3c(Cl)c(Br)ccc32)co1. The van der Waals surface area contributed by atoms with E-state index in [0.717, 1.165) is 50.7 Å². The number of aromatic nitrogens is 4. The van der Waals surface area contributed by atoms with Crippen molar-refractivity contribution in [2.45, 2.75) is 58.7 Å². The van der Waals surface area contributed by atoms with Crippen molar-refractivity contribution < 1.29 is 4.42 Å². The molecule has 1 aliphatic rings. The Morgan fingerprint density at radius 3 is 2.56 bits per heavy atom. The molecule has 6 nitrogen and oxygen atoms in total. The fourth-order valence-electron chi connectivity index (χ4n) is 4.58. The van der Waals surface area contributed by atoms with Crippen molar-refractivity contribution in [2.75, 3.05) is 4.90 Å². The first-order valence-electron chi connectivity index (χ1n) is 11.0. The van der Waals surface area contributed by atoms with Crippen LogP contribution in [0.1, 0.15) is 45.2 Å². The molecule has 0 saturated carbocycles. The number of hydrogen-bond acceptors (Lipinski definition) is 5. The number of rotatable bonds is 5. The Labute approximate surface area is 200 Å². The molecule has 0 spiro atoms. The van der Waals surface area contributed by atoms with Crippen molar-refractivity contribution in [1.82, 2.24) is 19.5 Å². The van der Waals surface area contributed by atoms with Gasteiger partial charge in [-0.2, -0.15) is 0 Å². The normalized spacial score (nSPS) is 18.7. The van der Waals surface area contributed by atoms with Crippen molar-refractivity contribution in [3.05, 3.63) is 57.8 Å². The highest BCUT2D eigenvalue weighted by Gasteiger charge is 2.28. The van der Waals surface area contributed by atoms with Gasteiger partial charge in [-0.1, -0.05) is 18.5 Å². The summed E-state index contributed by atoms with van der Waals surface area (Å²) in [7, 11) is 0. The molecule has 4 heterocycles. The van der Waals surface area contributed by atoms with Gasteiger partial charge in [0.05, 0.1) is 22.8 Å². The zero-order chi connectivity index (χ0) is 22.4. The van der Waals surface area contributed by atoms with Gasteiger partial charge in [0.1, 0.15) is 23.4 Å². The van der Waals surface area contributed by atoms with Crippen molar-refractivity contribution in [3.63, 3.8) is 0 Å². The highest BCUT2D eigenvalue weighted by Crippen LogP contribution is 2.35. The van der Waals surface area contributed by atoms with Crippen LogP contribution in [0.2, 0.25) is 5.02 Å². The lowest BCUT2D eigenvalue weighted by Gasteiger charge is -2.27. The van der Waals surface area contributed by atoms with Gasteiger partial charge in [-0.3, -0.25) is 0 Å². The van der Waals surface area contributed by atoms with Crippen molar-refractivity contribution in [3.8, 4) is 11.4 Å². The number of nitrogens with zero attached hydrogens (tertiary/aromatic N) is 5. The van der Waals surface area contributed by atoms with Crippen LogP contribution in [0, 0.1) is 0 Å². The van der Waals surface area contributed by atoms with Gasteiger partial charge in [0, 0.05) is 34.7 Å². The average Bonchev–Trinajstić information content (AvgIpc) is 3.49. The number of benzene rings is 1. The maximum Gasteiger partial charge on any atom is 0.193 e. The molecule has 1 aromatic carbocycles. The standard InChI is InChI=1S/C24H25BrClN5O/c1-4-21-28-17(13-32-21)12-30-19-9-8-18(25)22(26)23(19)29-24(30)16-7-10-20(27-11-16)31-14(2)5-6-15(31)3/h7-11,13-15H,4-6,12H2,1-3H3/t14-,15-/m0/s1. The number of oxazole rings is 1. The molecular formula is C24H25BrClN5O. The van der Waals surface area contributed by atoms with E-state index >= 15 is 0 Å². The number of anilines is 1. The van der Waals surface area contributed by atoms with Gasteiger partial charge in [0.2, 0.25) is 0 Å². The van der Waals surface area contributed by atoms with Gasteiger partial charge >= 0.3 is 0 Å². The molecule has 1 aliphatic heterocycles. The van der Waals surface area contributed by atoms with E-state index in [1.54, 1.807) is 6.26 Å². The fraction of sp³-hybridized carbons (Fsp3) is 0.375. The smallest absolute Gasteiger partial charge is 0.193 e. The third kappa shape index (κ3) is 3.71. The van der Waals surface area contributed by atoms with Gasteiger partial charge in [-0.25, -0.2) is 15.0 Å². The number of hydrogen-bond donors (Lipinski definition) is 0. The summed E-state index contributed by atoms with van der Waals surface area (Å²) in [5.41, 5.74) is 3.49. The Bertz CT molecular complexity index is 1260. The Morgan fingerprint density at radius 1 is 1.12 bits per heavy atom. The molecule has 5 rings (SSSR count). The number of imidazole rings is 1. The van der Waals surface area contributed by atoms with Gasteiger partial charge in [0.25, 0.3) is 0 Å². The molecule has 166 valence electrons. The fourth-order valence-corrected chi connectivity index (χ4v) is 5.10. The van der Waals surface area contributed by atoms with Crippen LogP contribution in [0.3, 0.4) is 0 Å². The van der Waals surface area contributed by atoms with Crippen LogP contribution in [-0.4, -0.2) is 31.6 Å². The highest BCUT2D eigenvalue weighted by atomic mass is 79.9. The second-order valence-corrected chi connectivity index (χ2v) is 9.66. The van der Waals surface area contributed by atoms with E-state index < -0.39 is 0 Å². The highest BCUT2D eigenvalue weighted by molar-refractivity contribution is 9.10. The molecule has 0 N–H and O–H groups in total. The maximum absolute atomic E-state index is 6.59. The van der Waals surface area contributed by atoms with Crippen LogP contribution < -0.4 is 4.90 Å². The molecule has 0 unspecified atom stereocenters. The first-order valence-corrected chi connectivity index (χ1v) is 12.2. The second kappa shape index (κ2) is 8.52. The molecule has 4 aromatic rings. The molecule has 0 amide bonds. The quantitative estimate of drug-likeness (QED) is 0.305. The van der Waals surface area contributed by atoms with Crippen molar-refractivity contribution in [1.29, 1.82) is 0 Å². The lowest BCUT2D eigenvalue weighted by Crippen LogP contribution is -2.33. The summed E-state index contributed by atoms with van der Waals surface area (Å²) >= 11 is 10.1. The molecule has 8 heteroatoms. The third-order valence-electron chi connectivity index (χ3n) is 6.26. The van der Waals surface area contributed by atoms with Gasteiger partial charge in [-0.05, 0) is 66.9 Å². The largest absolute Gasteiger partial charge is 0.449 e. The summed E-state index contributed by atoms with van der Waals surface area (Å²) in [5.74, 6) is 2.55. The maximum atomic E-state index is 6.59. The van der Waals surface area contributed by atoms with Crippen molar-refractivity contribution in [2.24, 2.45) is 0 Å². The van der Waals surface area contributed by atoms with E-state index in [1.165, 1.54) is 12.8 Å². The molecule has 1 fully saturated rings. The van der Waals surface area contributed by atoms with Crippen LogP contribution in [-0.2, 0) is 13.0 Å². The Hall–Kier alpha value is -2.38. The summed E-state index contributed by atoms with van der Waals surface area (Å²) in [6.07, 6.45) is 6.78. The van der Waals surface area contributed by atoms with E-state index in [-0.39, 0.29) is 0 Å². The summed E-state index contributed by atoms with van der Waals surface area (Å²) in [4.78, 5) is 16.7. The lowest BCUT2D eigenvalue weighted by molar-refractivity contribution is 0.501. The van der Waals surface area contributed by atoms with Gasteiger partial charge in [0.15, 0.2) is 5.89 Å². The molecule has 2 atom stereocenters. The topological polar surface area (TPSA) is 60.0 Å². The number of fused-ring (bicyclic) bond motifs is 1. The number of halogens is 2. The molecule has 1 saturated heterocycles. The van der Waals surface area contributed by atoms with E-state index in [1.807, 2.05) is 25.3 Å². The molecule has 0 aliphatic carbocycles. The summed E-state index contributed by atoms with van der Waals surface area (Å²) in [6, 6.07) is 9.18. The van der Waals surface area contributed by atoms with Gasteiger partial charge < -0.3 is 13.9 Å². The van der Waals surface area contributed by atoms with Crippen molar-refractivity contribution >= 4 is 44.4 Å². The van der Waals surface area contributed by atoms with Crippen LogP contribution in [0.25, 0.3) is 22.4 Å². The lowest BCUT2D eigenvalue weighted by atomic mass is 10.2. The second-order valence-electron chi connectivity index (χ2n) is 8.42. The van der Waals surface area contributed by atoms with Crippen LogP contribution >= 0.6 is 27.5 Å². The minimum Gasteiger partial charge on any atom is -0.449 e. The van der Waals surface area contributed by atoms with E-state index in [2.05, 4.69) is 56.4 Å². The van der Waals surface area contributed by atoms with E-state index in [4.69, 9.17) is 26.0 Å². The Morgan fingerprint density at radius 2 is 1.91 bits per heavy atom. The van der Waals surface area contributed by atoms with Crippen LogP contribution in [0.15, 0.2) is 45.6 Å². The monoisotopic (exact) mass is 513 g/mol. The third-order valence-corrected chi connectivity index (χ3v) is 7.53. The number of aryl methyl sites for hydroxylation is 1. The summed E-state index contributed by atoms with van der Waals surface area (Å²) < 4.78 is 8.51. The first-order chi connectivity index (χ1) is 15.5. The zero-order valence-corrected chi connectivity index (χ0v) is 20.7. The minimum absolute atomic E-state index is 0.504. The molecular weight excluding hydrogens is 490 g/mol. The number of pyridine rings is 1. The zero-order valence-electron chi connectivity index (χ0n) is 18.3. The average molecular weight is 515 g/mol. The van der Waals surface area contributed by atoms with Crippen LogP contribution in [0.5, 0.6) is 0 Å². The Kier molecular flexibility index (Phi) is 5.72. The predicted octanol–water partition coefficient (Wildman–Crippen LogP) is 6.49. The summed E-state index contributed by atoms with van der Waals surface area (Å²) in [5, 5.41) is 0.598. The molecule has 0 radical (unpaired) electrons. The van der Waals surface area contributed by atoms with Crippen LogP contribution in [0.4, 0.5) is 5.82 Å². The van der Waals surface area contributed by atoms with E-state index in [9.17, 15) is 0 Å². The van der Waals surface area contributed by atoms with E-state index in [0.29, 0.717) is 23.7 Å². The summed E-state index contributed by atoms with van der Waals surface area (Å²) in [6.45, 7) is 7.09. The minimum atomic E-state index is 0.504. The molecule has 0 bridgehead atoms. The molecule has 3 aromatic heterocycles.